The van der Waals surface area contributed by atoms with Gasteiger partial charge in [-0.25, -0.2) is 27.4 Å². The molecule has 2 rings (SSSR count). The summed E-state index contributed by atoms with van der Waals surface area (Å²) in [7, 11) is 0. The predicted octanol–water partition coefficient (Wildman–Crippen LogP) is 4.44. The molecule has 0 saturated heterocycles. The van der Waals surface area contributed by atoms with Crippen molar-refractivity contribution in [1.82, 2.24) is 0 Å². The topological polar surface area (TPSA) is 41.9 Å². The molecule has 1 heterocycles. The first-order chi connectivity index (χ1) is 11.7. The number of rotatable bonds is 5. The average molecular weight is 381 g/mol. The van der Waals surface area contributed by atoms with Crippen molar-refractivity contribution in [2.45, 2.75) is 39.7 Å². The molecule has 0 amide bonds. The summed E-state index contributed by atoms with van der Waals surface area (Å²) in [5, 5.41) is 3.36. The third kappa shape index (κ3) is 3.73. The highest BCUT2D eigenvalue weighted by Crippen LogP contribution is 2.37. The fraction of sp³-hybridized carbons (Fsp3) is 0.500. The third-order valence-corrected chi connectivity index (χ3v) is 3.92. The Balaban J connectivity index is 2.55. The highest BCUT2D eigenvalue weighted by atomic mass is 35.5. The van der Waals surface area contributed by atoms with E-state index in [-0.39, 0.29) is 18.9 Å². The number of hydrogen-bond acceptors (Lipinski definition) is 4. The Hall–Kier alpha value is -1.83. The van der Waals surface area contributed by atoms with Crippen molar-refractivity contribution in [3.8, 4) is 0 Å². The van der Waals surface area contributed by atoms with Crippen LogP contribution in [0.2, 0.25) is 5.02 Å². The Morgan fingerprint density at radius 3 is 2.28 bits per heavy atom. The normalized spacial score (nSPS) is 17.2. The standard InChI is InChI=1S/C16H17ClF4N2O2/c1-4-25-16(24)9-6-8(5-7(2)3)22-23(9)15-13(20)11(18)10(17)12(19)14(15)21/h7,9H,4-6H2,1-3H3. The highest BCUT2D eigenvalue weighted by Gasteiger charge is 2.39. The van der Waals surface area contributed by atoms with Crippen LogP contribution in [-0.2, 0) is 9.53 Å². The molecule has 1 aromatic carbocycles. The van der Waals surface area contributed by atoms with Crippen molar-refractivity contribution in [2.24, 2.45) is 11.0 Å². The van der Waals surface area contributed by atoms with E-state index in [0.29, 0.717) is 17.1 Å². The first-order valence-corrected chi connectivity index (χ1v) is 8.10. The van der Waals surface area contributed by atoms with Gasteiger partial charge < -0.3 is 4.74 Å². The molecular formula is C16H17ClF4N2O2. The second-order valence-electron chi connectivity index (χ2n) is 6.00. The molecule has 4 nitrogen and oxygen atoms in total. The maximum Gasteiger partial charge on any atom is 0.331 e. The van der Waals surface area contributed by atoms with Crippen LogP contribution < -0.4 is 5.01 Å². The lowest BCUT2D eigenvalue weighted by atomic mass is 10.0. The highest BCUT2D eigenvalue weighted by molar-refractivity contribution is 6.31. The summed E-state index contributed by atoms with van der Waals surface area (Å²) in [6, 6.07) is -1.21. The van der Waals surface area contributed by atoms with Crippen LogP contribution in [-0.4, -0.2) is 24.3 Å². The molecule has 0 radical (unpaired) electrons. The van der Waals surface area contributed by atoms with Crippen LogP contribution in [0.5, 0.6) is 0 Å². The number of hydrazone groups is 1. The maximum atomic E-state index is 14.2. The van der Waals surface area contributed by atoms with E-state index in [1.807, 2.05) is 13.8 Å². The Bertz CT molecular complexity index is 696. The van der Waals surface area contributed by atoms with E-state index in [9.17, 15) is 22.4 Å². The fourth-order valence-electron chi connectivity index (χ4n) is 2.59. The quantitative estimate of drug-likeness (QED) is 0.328. The van der Waals surface area contributed by atoms with Gasteiger partial charge in [0.25, 0.3) is 0 Å². The molecule has 1 aromatic rings. The number of halogens is 5. The Morgan fingerprint density at radius 1 is 1.24 bits per heavy atom. The van der Waals surface area contributed by atoms with Crippen LogP contribution in [0.15, 0.2) is 5.10 Å². The zero-order chi connectivity index (χ0) is 18.9. The van der Waals surface area contributed by atoms with Crippen molar-refractivity contribution in [2.75, 3.05) is 11.6 Å². The van der Waals surface area contributed by atoms with Crippen LogP contribution in [0.25, 0.3) is 0 Å². The van der Waals surface area contributed by atoms with E-state index in [1.54, 1.807) is 6.92 Å². The van der Waals surface area contributed by atoms with Crippen LogP contribution in [0.3, 0.4) is 0 Å². The van der Waals surface area contributed by atoms with E-state index in [4.69, 9.17) is 16.3 Å². The summed E-state index contributed by atoms with van der Waals surface area (Å²) in [6.45, 7) is 5.40. The number of carbonyl (C=O) groups is 1. The summed E-state index contributed by atoms with van der Waals surface area (Å²) in [4.78, 5) is 12.1. The summed E-state index contributed by atoms with van der Waals surface area (Å²) in [5.74, 6) is -7.55. The second kappa shape index (κ2) is 7.59. The van der Waals surface area contributed by atoms with Crippen molar-refractivity contribution in [1.29, 1.82) is 0 Å². The average Bonchev–Trinajstić information content (AvgIpc) is 2.94. The van der Waals surface area contributed by atoms with Crippen LogP contribution >= 0.6 is 11.6 Å². The number of nitrogens with zero attached hydrogens (tertiary/aromatic N) is 2. The molecule has 1 atom stereocenters. The minimum atomic E-state index is -1.74. The molecule has 0 aliphatic carbocycles. The van der Waals surface area contributed by atoms with Crippen LogP contribution in [0, 0.1) is 29.2 Å². The Morgan fingerprint density at radius 2 is 1.80 bits per heavy atom. The van der Waals surface area contributed by atoms with E-state index in [0.717, 1.165) is 0 Å². The van der Waals surface area contributed by atoms with Gasteiger partial charge in [-0.2, -0.15) is 5.10 Å². The molecule has 25 heavy (non-hydrogen) atoms. The van der Waals surface area contributed by atoms with Crippen molar-refractivity contribution in [3.63, 3.8) is 0 Å². The van der Waals surface area contributed by atoms with E-state index >= 15 is 0 Å². The maximum absolute atomic E-state index is 14.2. The van der Waals surface area contributed by atoms with Crippen LogP contribution in [0.1, 0.15) is 33.6 Å². The zero-order valence-electron chi connectivity index (χ0n) is 13.9. The molecule has 1 aliphatic rings. The summed E-state index contributed by atoms with van der Waals surface area (Å²) < 4.78 is 60.9. The number of ether oxygens (including phenoxy) is 1. The Kier molecular flexibility index (Phi) is 5.92. The summed E-state index contributed by atoms with van der Waals surface area (Å²) in [5.41, 5.74) is -0.626. The van der Waals surface area contributed by atoms with E-state index < -0.39 is 46.0 Å². The van der Waals surface area contributed by atoms with Gasteiger partial charge in [0, 0.05) is 12.1 Å². The summed E-state index contributed by atoms with van der Waals surface area (Å²) >= 11 is 5.24. The molecule has 1 aliphatic heterocycles. The van der Waals surface area contributed by atoms with Gasteiger partial charge in [-0.1, -0.05) is 25.4 Å². The first kappa shape index (κ1) is 19.5. The molecule has 0 bridgehead atoms. The second-order valence-corrected chi connectivity index (χ2v) is 6.38. The van der Waals surface area contributed by atoms with Crippen molar-refractivity contribution >= 4 is 29.0 Å². The number of benzene rings is 1. The molecule has 1 unspecified atom stereocenters. The Labute approximate surface area is 147 Å². The van der Waals surface area contributed by atoms with Crippen molar-refractivity contribution < 1.29 is 27.1 Å². The SMILES string of the molecule is CCOC(=O)C1CC(CC(C)C)=NN1c1c(F)c(F)c(Cl)c(F)c1F. The minimum Gasteiger partial charge on any atom is -0.464 e. The monoisotopic (exact) mass is 380 g/mol. The molecule has 0 saturated carbocycles. The van der Waals surface area contributed by atoms with E-state index in [2.05, 4.69) is 5.10 Å². The van der Waals surface area contributed by atoms with E-state index in [1.165, 1.54) is 0 Å². The van der Waals surface area contributed by atoms with Gasteiger partial charge in [-0.15, -0.1) is 0 Å². The lowest BCUT2D eigenvalue weighted by Crippen LogP contribution is -2.37. The van der Waals surface area contributed by atoms with Gasteiger partial charge in [0.15, 0.2) is 29.3 Å². The van der Waals surface area contributed by atoms with Crippen LogP contribution in [0.4, 0.5) is 23.2 Å². The number of carbonyl (C=O) groups excluding carboxylic acids is 1. The molecule has 0 N–H and O–H groups in total. The number of hydrogen-bond donors (Lipinski definition) is 0. The third-order valence-electron chi connectivity index (χ3n) is 3.59. The van der Waals surface area contributed by atoms with Gasteiger partial charge in [0.05, 0.1) is 6.61 Å². The molecule has 0 aromatic heterocycles. The van der Waals surface area contributed by atoms with Gasteiger partial charge in [0.2, 0.25) is 0 Å². The molecule has 9 heteroatoms. The van der Waals surface area contributed by atoms with Crippen molar-refractivity contribution in [3.05, 3.63) is 28.3 Å². The zero-order valence-corrected chi connectivity index (χ0v) is 14.6. The smallest absolute Gasteiger partial charge is 0.331 e. The molecule has 138 valence electrons. The lowest BCUT2D eigenvalue weighted by Gasteiger charge is -2.23. The van der Waals surface area contributed by atoms with Gasteiger partial charge in [-0.05, 0) is 19.3 Å². The fourth-order valence-corrected chi connectivity index (χ4v) is 2.76. The largest absolute Gasteiger partial charge is 0.464 e. The number of anilines is 1. The van der Waals surface area contributed by atoms with Gasteiger partial charge in [-0.3, -0.25) is 0 Å². The summed E-state index contributed by atoms with van der Waals surface area (Å²) in [6.07, 6.45) is 0.496. The lowest BCUT2D eigenvalue weighted by molar-refractivity contribution is -0.144. The minimum absolute atomic E-state index is 0.0387. The predicted molar refractivity (Wildman–Crippen MR) is 85.7 cm³/mol. The number of esters is 1. The van der Waals surface area contributed by atoms with Gasteiger partial charge in [0.1, 0.15) is 10.7 Å². The molecular weight excluding hydrogens is 364 g/mol. The molecule has 0 fully saturated rings. The van der Waals surface area contributed by atoms with Gasteiger partial charge >= 0.3 is 5.97 Å². The molecule has 0 spiro atoms. The first-order valence-electron chi connectivity index (χ1n) is 7.72.